The summed E-state index contributed by atoms with van der Waals surface area (Å²) in [5, 5.41) is 0. The molecule has 0 bridgehead atoms. The van der Waals surface area contributed by atoms with Gasteiger partial charge in [0.1, 0.15) is 5.75 Å². The highest BCUT2D eigenvalue weighted by molar-refractivity contribution is 8.02. The molecule has 0 amide bonds. The molecule has 44 heavy (non-hydrogen) atoms. The molecular weight excluding hydrogens is 551 g/mol. The Morgan fingerprint density at radius 1 is 0.455 bits per heavy atom. The van der Waals surface area contributed by atoms with Crippen molar-refractivity contribution < 1.29 is 4.21 Å². The summed E-state index contributed by atoms with van der Waals surface area (Å²) in [6.45, 7) is 2.28. The molecular formula is C41H41BOS. The van der Waals surface area contributed by atoms with E-state index in [9.17, 15) is 4.21 Å². The molecule has 1 nitrogen and oxygen atoms in total. The SMILES string of the molecule is CCCC[B-](c1ccccc1)(c1ccccc1)c1ccccc1.O=[S+](Cc1ccccc1)(c1ccccc1)c1ccccc1. The highest BCUT2D eigenvalue weighted by atomic mass is 32.2. The van der Waals surface area contributed by atoms with Gasteiger partial charge in [-0.15, -0.1) is 0 Å². The highest BCUT2D eigenvalue weighted by Gasteiger charge is 2.34. The third-order valence-corrected chi connectivity index (χ3v) is 11.4. The molecule has 0 fully saturated rings. The van der Waals surface area contributed by atoms with Gasteiger partial charge in [-0.2, -0.15) is 22.7 Å². The van der Waals surface area contributed by atoms with Crippen molar-refractivity contribution in [3.8, 4) is 0 Å². The van der Waals surface area contributed by atoms with Gasteiger partial charge in [-0.25, -0.2) is 0 Å². The number of benzene rings is 6. The van der Waals surface area contributed by atoms with Crippen LogP contribution in [0.1, 0.15) is 25.3 Å². The summed E-state index contributed by atoms with van der Waals surface area (Å²) in [4.78, 5) is 1.78. The van der Waals surface area contributed by atoms with Gasteiger partial charge in [-0.3, -0.25) is 0 Å². The molecule has 0 spiro atoms. The van der Waals surface area contributed by atoms with Gasteiger partial charge in [-0.1, -0.05) is 182 Å². The molecule has 0 aliphatic heterocycles. The first-order valence-corrected chi connectivity index (χ1v) is 17.4. The minimum Gasteiger partial charge on any atom is -0.200 e. The maximum absolute atomic E-state index is 13.8. The van der Waals surface area contributed by atoms with E-state index in [1.807, 2.05) is 91.0 Å². The first-order chi connectivity index (χ1) is 21.7. The predicted molar refractivity (Wildman–Crippen MR) is 191 cm³/mol. The molecule has 0 aliphatic rings. The zero-order valence-corrected chi connectivity index (χ0v) is 26.4. The van der Waals surface area contributed by atoms with Crippen molar-refractivity contribution in [2.45, 2.75) is 41.6 Å². The second-order valence-corrected chi connectivity index (χ2v) is 13.9. The topological polar surface area (TPSA) is 17.1 Å². The summed E-state index contributed by atoms with van der Waals surface area (Å²) in [5.41, 5.74) is 5.42. The molecule has 0 radical (unpaired) electrons. The van der Waals surface area contributed by atoms with Crippen molar-refractivity contribution in [3.63, 3.8) is 0 Å². The van der Waals surface area contributed by atoms with E-state index in [0.717, 1.165) is 15.4 Å². The molecule has 0 aliphatic carbocycles. The van der Waals surface area contributed by atoms with Crippen molar-refractivity contribution in [2.24, 2.45) is 0 Å². The number of hydrogen-bond donors (Lipinski definition) is 0. The van der Waals surface area contributed by atoms with Gasteiger partial charge in [0, 0.05) is 5.56 Å². The zero-order chi connectivity index (χ0) is 30.5. The minimum absolute atomic E-state index is 0.530. The minimum atomic E-state index is -2.30. The van der Waals surface area contributed by atoms with Crippen molar-refractivity contribution in [1.82, 2.24) is 0 Å². The third-order valence-electron chi connectivity index (χ3n) is 8.56. The molecule has 0 saturated heterocycles. The van der Waals surface area contributed by atoms with Crippen molar-refractivity contribution in [1.29, 1.82) is 0 Å². The monoisotopic (exact) mass is 592 g/mol. The Bertz CT molecular complexity index is 1570. The van der Waals surface area contributed by atoms with Gasteiger partial charge in [-0.05, 0) is 24.3 Å². The molecule has 6 aromatic rings. The Balaban J connectivity index is 0.000000175. The lowest BCUT2D eigenvalue weighted by molar-refractivity contribution is 0.583. The fourth-order valence-corrected chi connectivity index (χ4v) is 8.79. The molecule has 0 unspecified atom stereocenters. The van der Waals surface area contributed by atoms with Crippen LogP contribution < -0.4 is 16.4 Å². The fourth-order valence-electron chi connectivity index (χ4n) is 6.32. The van der Waals surface area contributed by atoms with Crippen LogP contribution in [0.15, 0.2) is 192 Å². The summed E-state index contributed by atoms with van der Waals surface area (Å²) in [7, 11) is -2.30. The van der Waals surface area contributed by atoms with Crippen molar-refractivity contribution in [3.05, 3.63) is 188 Å². The average Bonchev–Trinajstić information content (AvgIpc) is 3.11. The van der Waals surface area contributed by atoms with Crippen LogP contribution in [0.4, 0.5) is 0 Å². The molecule has 0 N–H and O–H groups in total. The molecule has 220 valence electrons. The van der Waals surface area contributed by atoms with Gasteiger partial charge in [0.05, 0.1) is 6.15 Å². The summed E-state index contributed by atoms with van der Waals surface area (Å²) in [6, 6.07) is 62.7. The third kappa shape index (κ3) is 7.18. The summed E-state index contributed by atoms with van der Waals surface area (Å²) in [6.07, 6.45) is 2.73. The van der Waals surface area contributed by atoms with Crippen LogP contribution in [0.5, 0.6) is 0 Å². The second-order valence-electron chi connectivity index (χ2n) is 11.4. The maximum atomic E-state index is 13.8. The molecule has 6 rings (SSSR count). The Morgan fingerprint density at radius 3 is 1.11 bits per heavy atom. The molecule has 0 saturated carbocycles. The summed E-state index contributed by atoms with van der Waals surface area (Å²) >= 11 is 0. The van der Waals surface area contributed by atoms with E-state index < -0.39 is 16.1 Å². The van der Waals surface area contributed by atoms with E-state index in [1.165, 1.54) is 35.6 Å². The van der Waals surface area contributed by atoms with E-state index in [0.29, 0.717) is 5.75 Å². The normalized spacial score (nSPS) is 11.3. The summed E-state index contributed by atoms with van der Waals surface area (Å²) < 4.78 is 13.8. The van der Waals surface area contributed by atoms with Crippen LogP contribution in [0.2, 0.25) is 6.32 Å². The Morgan fingerprint density at radius 2 is 0.773 bits per heavy atom. The van der Waals surface area contributed by atoms with E-state index in [-0.39, 0.29) is 0 Å². The van der Waals surface area contributed by atoms with Crippen LogP contribution in [0.25, 0.3) is 0 Å². The molecule has 3 heteroatoms. The van der Waals surface area contributed by atoms with E-state index >= 15 is 0 Å². The second kappa shape index (κ2) is 15.3. The zero-order valence-electron chi connectivity index (χ0n) is 25.5. The van der Waals surface area contributed by atoms with Crippen LogP contribution in [-0.2, 0) is 19.9 Å². The van der Waals surface area contributed by atoms with Crippen molar-refractivity contribution in [2.75, 3.05) is 0 Å². The van der Waals surface area contributed by atoms with E-state index in [4.69, 9.17) is 0 Å². The Kier molecular flexibility index (Phi) is 10.8. The van der Waals surface area contributed by atoms with Gasteiger partial charge in [0.2, 0.25) is 0 Å². The van der Waals surface area contributed by atoms with Gasteiger partial charge >= 0.3 is 0 Å². The quantitative estimate of drug-likeness (QED) is 0.115. The van der Waals surface area contributed by atoms with Crippen LogP contribution in [0.3, 0.4) is 0 Å². The number of unbranched alkanes of at least 4 members (excludes halogenated alkanes) is 1. The van der Waals surface area contributed by atoms with Crippen LogP contribution in [0, 0.1) is 0 Å². The van der Waals surface area contributed by atoms with Gasteiger partial charge in [0.25, 0.3) is 0 Å². The lowest BCUT2D eigenvalue weighted by Gasteiger charge is -2.43. The van der Waals surface area contributed by atoms with Crippen LogP contribution in [-0.4, -0.2) is 6.15 Å². The first kappa shape index (κ1) is 31.0. The van der Waals surface area contributed by atoms with Gasteiger partial charge < -0.3 is 0 Å². The molecule has 0 aromatic heterocycles. The number of hydrogen-bond acceptors (Lipinski definition) is 1. The average molecular weight is 593 g/mol. The standard InChI is InChI=1S/C22H24B.C19H17OS/c1-2-3-19-23(20-13-7-4-8-14-20,21-15-9-5-10-16-21)22-17-11-6-12-18-22;20-21(18-12-6-2-7-13-18,19-14-8-3-9-15-19)16-17-10-4-1-5-11-17/h4-18H,2-3,19H2,1H3;1-15H,16H2/q-1;+1. The lowest BCUT2D eigenvalue weighted by atomic mass is 9.14. The number of rotatable bonds is 10. The first-order valence-electron chi connectivity index (χ1n) is 15.7. The highest BCUT2D eigenvalue weighted by Crippen LogP contribution is 2.32. The Labute approximate surface area is 265 Å². The summed E-state index contributed by atoms with van der Waals surface area (Å²) in [5.74, 6) is 0.530. The van der Waals surface area contributed by atoms with E-state index in [2.05, 4.69) is 97.9 Å². The lowest BCUT2D eigenvalue weighted by Crippen LogP contribution is -2.66. The Hall–Kier alpha value is -4.47. The fraction of sp³-hybridized carbons (Fsp3) is 0.122. The van der Waals surface area contributed by atoms with Gasteiger partial charge in [0.15, 0.2) is 19.7 Å². The molecule has 6 aromatic carbocycles. The van der Waals surface area contributed by atoms with Crippen molar-refractivity contribution >= 4 is 32.5 Å². The maximum Gasteiger partial charge on any atom is 0.163 e. The molecule has 0 heterocycles. The smallest absolute Gasteiger partial charge is 0.163 e. The van der Waals surface area contributed by atoms with E-state index in [1.54, 1.807) is 0 Å². The predicted octanol–water partition coefficient (Wildman–Crippen LogP) is 8.76. The largest absolute Gasteiger partial charge is 0.200 e. The molecule has 0 atom stereocenters. The van der Waals surface area contributed by atoms with Crippen LogP contribution >= 0.6 is 0 Å².